The fourth-order valence-corrected chi connectivity index (χ4v) is 1.28. The number of nitrogens with zero attached hydrogens (tertiary/aromatic N) is 1. The molecule has 0 atom stereocenters. The van der Waals surface area contributed by atoms with E-state index in [1.807, 2.05) is 12.1 Å². The van der Waals surface area contributed by atoms with Gasteiger partial charge in [-0.3, -0.25) is 4.90 Å². The Kier molecular flexibility index (Phi) is 3.99. The summed E-state index contributed by atoms with van der Waals surface area (Å²) in [4.78, 5) is 2.30. The van der Waals surface area contributed by atoms with Crippen molar-refractivity contribution in [3.63, 3.8) is 0 Å². The molecule has 0 fully saturated rings. The van der Waals surface area contributed by atoms with E-state index in [4.69, 9.17) is 10.2 Å². The maximum absolute atomic E-state index is 5.50. The van der Waals surface area contributed by atoms with Crippen molar-refractivity contribution in [3.05, 3.63) is 23.7 Å². The van der Waals surface area contributed by atoms with Crippen molar-refractivity contribution in [2.75, 3.05) is 13.1 Å². The van der Waals surface area contributed by atoms with E-state index in [0.29, 0.717) is 6.54 Å². The maximum Gasteiger partial charge on any atom is 0.118 e. The first-order valence-electron chi connectivity index (χ1n) is 4.80. The second-order valence-corrected chi connectivity index (χ2v) is 3.03. The number of hydrogen-bond acceptors (Lipinski definition) is 3. The van der Waals surface area contributed by atoms with Crippen LogP contribution in [-0.2, 0) is 13.1 Å². The highest BCUT2D eigenvalue weighted by molar-refractivity contribution is 5.06. The molecule has 0 amide bonds. The average molecular weight is 182 g/mol. The molecule has 0 spiro atoms. The van der Waals surface area contributed by atoms with Gasteiger partial charge in [0.05, 0.1) is 13.1 Å². The van der Waals surface area contributed by atoms with E-state index in [1.54, 1.807) is 0 Å². The summed E-state index contributed by atoms with van der Waals surface area (Å²) in [6.07, 6.45) is 0. The van der Waals surface area contributed by atoms with Crippen LogP contribution in [0.4, 0.5) is 0 Å². The molecule has 74 valence electrons. The summed E-state index contributed by atoms with van der Waals surface area (Å²) in [5.41, 5.74) is 5.45. The van der Waals surface area contributed by atoms with Crippen LogP contribution in [0.2, 0.25) is 0 Å². The smallest absolute Gasteiger partial charge is 0.118 e. The Morgan fingerprint density at radius 3 is 2.31 bits per heavy atom. The average Bonchev–Trinajstić information content (AvgIpc) is 2.61. The molecular weight excluding hydrogens is 164 g/mol. The normalized spacial score (nSPS) is 11.1. The molecule has 0 radical (unpaired) electrons. The van der Waals surface area contributed by atoms with Gasteiger partial charge in [-0.1, -0.05) is 13.8 Å². The number of furan rings is 1. The molecule has 0 saturated heterocycles. The van der Waals surface area contributed by atoms with Crippen LogP contribution in [0, 0.1) is 0 Å². The molecule has 0 aliphatic heterocycles. The lowest BCUT2D eigenvalue weighted by Gasteiger charge is -2.15. The minimum atomic E-state index is 0.484. The molecule has 0 unspecified atom stereocenters. The van der Waals surface area contributed by atoms with Crippen molar-refractivity contribution in [1.82, 2.24) is 4.90 Å². The largest absolute Gasteiger partial charge is 0.463 e. The fourth-order valence-electron chi connectivity index (χ4n) is 1.28. The van der Waals surface area contributed by atoms with Crippen LogP contribution < -0.4 is 5.73 Å². The summed E-state index contributed by atoms with van der Waals surface area (Å²) >= 11 is 0. The van der Waals surface area contributed by atoms with Crippen LogP contribution in [0.3, 0.4) is 0 Å². The van der Waals surface area contributed by atoms with Gasteiger partial charge in [0.2, 0.25) is 0 Å². The van der Waals surface area contributed by atoms with Crippen molar-refractivity contribution in [3.8, 4) is 0 Å². The monoisotopic (exact) mass is 182 g/mol. The van der Waals surface area contributed by atoms with Crippen LogP contribution in [0.5, 0.6) is 0 Å². The topological polar surface area (TPSA) is 42.4 Å². The zero-order valence-corrected chi connectivity index (χ0v) is 8.42. The standard InChI is InChI=1S/C10H18N2O/c1-3-12(4-2)8-10-6-5-9(7-11)13-10/h5-6H,3-4,7-8,11H2,1-2H3. The molecule has 1 aromatic rings. The third kappa shape index (κ3) is 2.86. The summed E-state index contributed by atoms with van der Waals surface area (Å²) in [5, 5.41) is 0. The van der Waals surface area contributed by atoms with Gasteiger partial charge in [-0.2, -0.15) is 0 Å². The van der Waals surface area contributed by atoms with Crippen LogP contribution in [0.1, 0.15) is 25.4 Å². The number of rotatable bonds is 5. The Balaban J connectivity index is 2.52. The lowest BCUT2D eigenvalue weighted by molar-refractivity contribution is 0.265. The van der Waals surface area contributed by atoms with Crippen LogP contribution in [-0.4, -0.2) is 18.0 Å². The summed E-state index contributed by atoms with van der Waals surface area (Å²) in [5.74, 6) is 1.87. The third-order valence-electron chi connectivity index (χ3n) is 2.19. The van der Waals surface area contributed by atoms with E-state index in [0.717, 1.165) is 31.2 Å². The van der Waals surface area contributed by atoms with Gasteiger partial charge in [-0.15, -0.1) is 0 Å². The summed E-state index contributed by atoms with van der Waals surface area (Å²) < 4.78 is 5.50. The molecule has 3 nitrogen and oxygen atoms in total. The Morgan fingerprint density at radius 1 is 1.23 bits per heavy atom. The summed E-state index contributed by atoms with van der Waals surface area (Å²) in [7, 11) is 0. The van der Waals surface area contributed by atoms with E-state index < -0.39 is 0 Å². The Labute approximate surface area is 79.5 Å². The molecule has 1 aromatic heterocycles. The zero-order valence-electron chi connectivity index (χ0n) is 8.42. The minimum absolute atomic E-state index is 0.484. The first-order valence-corrected chi connectivity index (χ1v) is 4.80. The van der Waals surface area contributed by atoms with Crippen LogP contribution in [0.15, 0.2) is 16.5 Å². The second-order valence-electron chi connectivity index (χ2n) is 3.03. The highest BCUT2D eigenvalue weighted by atomic mass is 16.3. The Hall–Kier alpha value is -0.800. The molecular formula is C10H18N2O. The SMILES string of the molecule is CCN(CC)Cc1ccc(CN)o1. The van der Waals surface area contributed by atoms with E-state index in [2.05, 4.69) is 18.7 Å². The molecule has 1 heterocycles. The van der Waals surface area contributed by atoms with Gasteiger partial charge in [0, 0.05) is 0 Å². The van der Waals surface area contributed by atoms with E-state index in [1.165, 1.54) is 0 Å². The molecule has 0 aromatic carbocycles. The van der Waals surface area contributed by atoms with Gasteiger partial charge in [0.1, 0.15) is 11.5 Å². The highest BCUT2D eigenvalue weighted by Crippen LogP contribution is 2.09. The summed E-state index contributed by atoms with van der Waals surface area (Å²) in [6, 6.07) is 3.94. The van der Waals surface area contributed by atoms with Gasteiger partial charge in [0.15, 0.2) is 0 Å². The predicted molar refractivity (Wildman–Crippen MR) is 53.2 cm³/mol. The van der Waals surface area contributed by atoms with Gasteiger partial charge in [0.25, 0.3) is 0 Å². The molecule has 13 heavy (non-hydrogen) atoms. The molecule has 0 saturated carbocycles. The van der Waals surface area contributed by atoms with Crippen LogP contribution >= 0.6 is 0 Å². The van der Waals surface area contributed by atoms with Gasteiger partial charge < -0.3 is 10.2 Å². The second kappa shape index (κ2) is 5.04. The van der Waals surface area contributed by atoms with Crippen LogP contribution in [0.25, 0.3) is 0 Å². The minimum Gasteiger partial charge on any atom is -0.463 e. The quantitative estimate of drug-likeness (QED) is 0.751. The van der Waals surface area contributed by atoms with E-state index >= 15 is 0 Å². The number of hydrogen-bond donors (Lipinski definition) is 1. The molecule has 0 aliphatic carbocycles. The Morgan fingerprint density at radius 2 is 1.85 bits per heavy atom. The van der Waals surface area contributed by atoms with E-state index in [9.17, 15) is 0 Å². The Bertz CT molecular complexity index is 241. The lowest BCUT2D eigenvalue weighted by Crippen LogP contribution is -2.21. The highest BCUT2D eigenvalue weighted by Gasteiger charge is 2.04. The molecule has 1 rings (SSSR count). The van der Waals surface area contributed by atoms with E-state index in [-0.39, 0.29) is 0 Å². The molecule has 0 aliphatic rings. The third-order valence-corrected chi connectivity index (χ3v) is 2.19. The summed E-state index contributed by atoms with van der Waals surface area (Å²) in [6.45, 7) is 7.77. The molecule has 0 bridgehead atoms. The van der Waals surface area contributed by atoms with Crippen molar-refractivity contribution in [2.45, 2.75) is 26.9 Å². The maximum atomic E-state index is 5.50. The van der Waals surface area contributed by atoms with Crippen molar-refractivity contribution >= 4 is 0 Å². The lowest BCUT2D eigenvalue weighted by atomic mass is 10.4. The molecule has 3 heteroatoms. The van der Waals surface area contributed by atoms with Gasteiger partial charge in [-0.25, -0.2) is 0 Å². The molecule has 2 N–H and O–H groups in total. The first-order chi connectivity index (χ1) is 6.30. The van der Waals surface area contributed by atoms with Gasteiger partial charge in [-0.05, 0) is 25.2 Å². The fraction of sp³-hybridized carbons (Fsp3) is 0.600. The first kappa shape index (κ1) is 10.3. The number of nitrogens with two attached hydrogens (primary N) is 1. The van der Waals surface area contributed by atoms with Gasteiger partial charge >= 0.3 is 0 Å². The van der Waals surface area contributed by atoms with Crippen molar-refractivity contribution in [1.29, 1.82) is 0 Å². The zero-order chi connectivity index (χ0) is 9.68. The van der Waals surface area contributed by atoms with Crippen molar-refractivity contribution in [2.24, 2.45) is 5.73 Å². The predicted octanol–water partition coefficient (Wildman–Crippen LogP) is 1.58. The van der Waals surface area contributed by atoms with Crippen molar-refractivity contribution < 1.29 is 4.42 Å².